The van der Waals surface area contributed by atoms with Crippen molar-refractivity contribution in [3.05, 3.63) is 224 Å². The summed E-state index contributed by atoms with van der Waals surface area (Å²) in [5.74, 6) is 0. The fourth-order valence-corrected chi connectivity index (χ4v) is 12.2. The lowest BCUT2D eigenvalue weighted by molar-refractivity contribution is 0.663. The van der Waals surface area contributed by atoms with Crippen LogP contribution >= 0.6 is 0 Å². The van der Waals surface area contributed by atoms with Gasteiger partial charge in [0.05, 0.1) is 22.1 Å². The number of fused-ring (bicyclic) bond motifs is 20. The number of hydrogen-bond acceptors (Lipinski definition) is 5. The van der Waals surface area contributed by atoms with E-state index in [2.05, 4.69) is 214 Å². The maximum Gasteiger partial charge on any atom is 0.136 e. The van der Waals surface area contributed by atoms with E-state index in [9.17, 15) is 0 Å². The van der Waals surface area contributed by atoms with Crippen LogP contribution in [0.5, 0.6) is 0 Å². The minimum atomic E-state index is 0.804. The third-order valence-electron chi connectivity index (χ3n) is 15.3. The molecule has 340 valence electrons. The van der Waals surface area contributed by atoms with Gasteiger partial charge in [0.2, 0.25) is 0 Å². The second kappa shape index (κ2) is 14.3. The third-order valence-corrected chi connectivity index (χ3v) is 15.3. The smallest absolute Gasteiger partial charge is 0.136 e. The first-order chi connectivity index (χ1) is 36.2. The van der Waals surface area contributed by atoms with E-state index in [0.29, 0.717) is 0 Å². The Balaban J connectivity index is 0.863. The molecule has 0 saturated heterocycles. The van der Waals surface area contributed by atoms with Crippen LogP contribution in [-0.4, -0.2) is 9.13 Å². The van der Waals surface area contributed by atoms with Crippen LogP contribution in [-0.2, 0) is 0 Å². The molecule has 0 aliphatic carbocycles. The van der Waals surface area contributed by atoms with Crippen molar-refractivity contribution in [2.75, 3.05) is 4.90 Å². The van der Waals surface area contributed by atoms with Gasteiger partial charge < -0.3 is 31.7 Å². The summed E-state index contributed by atoms with van der Waals surface area (Å²) in [4.78, 5) is 2.32. The molecule has 0 atom stereocenters. The molecular weight excluding hydrogens is 899 g/mol. The zero-order valence-electron chi connectivity index (χ0n) is 38.8. The van der Waals surface area contributed by atoms with Crippen molar-refractivity contribution in [3.63, 3.8) is 0 Å². The molecule has 6 aromatic heterocycles. The zero-order chi connectivity index (χ0) is 47.5. The number of hydrogen-bond donors (Lipinski definition) is 0. The number of nitrogens with zero attached hydrogens (tertiary/aromatic N) is 3. The molecule has 0 aliphatic heterocycles. The highest BCUT2D eigenvalue weighted by Gasteiger charge is 2.24. The summed E-state index contributed by atoms with van der Waals surface area (Å²) in [7, 11) is 0. The van der Waals surface area contributed by atoms with Crippen LogP contribution in [0.3, 0.4) is 0 Å². The quantitative estimate of drug-likeness (QED) is 0.172. The van der Waals surface area contributed by atoms with Gasteiger partial charge in [-0.05, 0) is 133 Å². The molecule has 0 amide bonds. The van der Waals surface area contributed by atoms with Crippen LogP contribution in [0.25, 0.3) is 143 Å². The molecule has 17 aromatic rings. The summed E-state index contributed by atoms with van der Waals surface area (Å²) in [6.07, 6.45) is 0. The fraction of sp³-hybridized carbons (Fsp3) is 0. The molecule has 0 unspecified atom stereocenters. The zero-order valence-corrected chi connectivity index (χ0v) is 38.8. The molecule has 11 aromatic carbocycles. The molecule has 0 saturated carbocycles. The Morgan fingerprint density at radius 3 is 0.904 bits per heavy atom. The molecular formula is C66H37N3O4. The highest BCUT2D eigenvalue weighted by molar-refractivity contribution is 6.28. The van der Waals surface area contributed by atoms with E-state index in [-0.39, 0.29) is 0 Å². The number of aromatic nitrogens is 2. The number of para-hydroxylation sites is 5. The van der Waals surface area contributed by atoms with E-state index < -0.39 is 0 Å². The molecule has 7 nitrogen and oxygen atoms in total. The average molecular weight is 936 g/mol. The first kappa shape index (κ1) is 38.8. The molecule has 73 heavy (non-hydrogen) atoms. The van der Waals surface area contributed by atoms with Crippen LogP contribution < -0.4 is 4.90 Å². The first-order valence-corrected chi connectivity index (χ1v) is 24.6. The Hall–Kier alpha value is -9.98. The van der Waals surface area contributed by atoms with E-state index in [1.807, 2.05) is 24.3 Å². The van der Waals surface area contributed by atoms with Crippen molar-refractivity contribution < 1.29 is 17.7 Å². The minimum Gasteiger partial charge on any atom is -0.456 e. The van der Waals surface area contributed by atoms with E-state index in [0.717, 1.165) is 138 Å². The van der Waals surface area contributed by atoms with Gasteiger partial charge >= 0.3 is 0 Å². The standard InChI is InChI=1S/C66H37N3O4/c1-2-12-38(13-3-1)67(39-22-26-55-47(34-39)63-59(70-55)30-32-61-65(63)49-36-41(24-28-57(49)72-61)68-51-18-8-4-14-43(51)44-15-5-9-19-52(44)68)40-23-27-56-48(35-40)64-60(71-56)31-33-62-66(64)50-37-42(25-29-58(50)73-62)69-53-20-10-6-16-45(53)46-17-7-11-21-54(46)69/h1-37H. The van der Waals surface area contributed by atoms with Crippen LogP contribution in [0.2, 0.25) is 0 Å². The van der Waals surface area contributed by atoms with Crippen molar-refractivity contribution in [1.29, 1.82) is 0 Å². The number of benzene rings is 11. The van der Waals surface area contributed by atoms with Gasteiger partial charge in [0.25, 0.3) is 0 Å². The second-order valence-electron chi connectivity index (χ2n) is 19.2. The van der Waals surface area contributed by atoms with E-state index >= 15 is 0 Å². The minimum absolute atomic E-state index is 0.804. The van der Waals surface area contributed by atoms with Crippen LogP contribution in [0.4, 0.5) is 17.1 Å². The van der Waals surface area contributed by atoms with Gasteiger partial charge in [0, 0.05) is 93.1 Å². The Morgan fingerprint density at radius 2 is 0.534 bits per heavy atom. The summed E-state index contributed by atoms with van der Waals surface area (Å²) in [5.41, 5.74) is 16.3. The number of anilines is 3. The van der Waals surface area contributed by atoms with E-state index in [4.69, 9.17) is 17.7 Å². The highest BCUT2D eigenvalue weighted by atomic mass is 16.3. The van der Waals surface area contributed by atoms with Gasteiger partial charge in [-0.3, -0.25) is 0 Å². The summed E-state index contributed by atoms with van der Waals surface area (Å²) in [6.45, 7) is 0. The first-order valence-electron chi connectivity index (χ1n) is 24.6. The largest absolute Gasteiger partial charge is 0.456 e. The van der Waals surface area contributed by atoms with Crippen molar-refractivity contribution in [3.8, 4) is 11.4 Å². The second-order valence-corrected chi connectivity index (χ2v) is 19.2. The molecule has 0 N–H and O–H groups in total. The Kier molecular flexibility index (Phi) is 7.61. The van der Waals surface area contributed by atoms with Crippen molar-refractivity contribution in [1.82, 2.24) is 9.13 Å². The van der Waals surface area contributed by atoms with Crippen molar-refractivity contribution >= 4 is 148 Å². The number of furan rings is 4. The number of rotatable bonds is 5. The summed E-state index contributed by atoms with van der Waals surface area (Å²) in [6, 6.07) is 79.3. The molecule has 17 rings (SSSR count). The Labute approximate surface area is 414 Å². The molecule has 0 radical (unpaired) electrons. The van der Waals surface area contributed by atoms with Gasteiger partial charge in [0.1, 0.15) is 44.7 Å². The monoisotopic (exact) mass is 935 g/mol. The summed E-state index contributed by atoms with van der Waals surface area (Å²) < 4.78 is 31.4. The van der Waals surface area contributed by atoms with Crippen LogP contribution in [0.15, 0.2) is 242 Å². The van der Waals surface area contributed by atoms with Crippen LogP contribution in [0, 0.1) is 0 Å². The molecule has 0 spiro atoms. The summed E-state index contributed by atoms with van der Waals surface area (Å²) >= 11 is 0. The molecule has 0 fully saturated rings. The normalized spacial score (nSPS) is 12.4. The highest BCUT2D eigenvalue weighted by Crippen LogP contribution is 2.47. The Bertz CT molecular complexity index is 4760. The Morgan fingerprint density at radius 1 is 0.233 bits per heavy atom. The topological polar surface area (TPSA) is 65.7 Å². The van der Waals surface area contributed by atoms with Crippen molar-refractivity contribution in [2.24, 2.45) is 0 Å². The van der Waals surface area contributed by atoms with Gasteiger partial charge in [0.15, 0.2) is 0 Å². The van der Waals surface area contributed by atoms with E-state index in [1.54, 1.807) is 0 Å². The summed E-state index contributed by atoms with van der Waals surface area (Å²) in [5, 5.41) is 13.1. The molecule has 6 heterocycles. The lowest BCUT2D eigenvalue weighted by Crippen LogP contribution is -2.09. The molecule has 0 aliphatic rings. The van der Waals surface area contributed by atoms with Gasteiger partial charge in [-0.25, -0.2) is 0 Å². The predicted molar refractivity (Wildman–Crippen MR) is 299 cm³/mol. The lowest BCUT2D eigenvalue weighted by Gasteiger charge is -2.25. The van der Waals surface area contributed by atoms with Gasteiger partial charge in [-0.2, -0.15) is 0 Å². The maximum atomic E-state index is 6.69. The lowest BCUT2D eigenvalue weighted by atomic mass is 10.0. The predicted octanol–water partition coefficient (Wildman–Crippen LogP) is 18.9. The SMILES string of the molecule is c1ccc(N(c2ccc3oc4ccc5oc6ccc(-n7c8ccccc8c8ccccc87)cc6c5c4c3c2)c2ccc3oc4ccc5oc6ccc(-n7c8ccccc8c8ccccc87)cc6c5c4c3c2)cc1. The van der Waals surface area contributed by atoms with E-state index in [1.165, 1.54) is 21.5 Å². The molecule has 0 bridgehead atoms. The van der Waals surface area contributed by atoms with Gasteiger partial charge in [-0.1, -0.05) is 91.0 Å². The molecule has 7 heteroatoms. The van der Waals surface area contributed by atoms with Gasteiger partial charge in [-0.15, -0.1) is 0 Å². The average Bonchev–Trinajstić information content (AvgIpc) is 4.30. The van der Waals surface area contributed by atoms with Crippen molar-refractivity contribution in [2.45, 2.75) is 0 Å². The fourth-order valence-electron chi connectivity index (χ4n) is 12.2. The maximum absolute atomic E-state index is 6.69. The van der Waals surface area contributed by atoms with Crippen LogP contribution in [0.1, 0.15) is 0 Å². The third kappa shape index (κ3) is 5.37.